The van der Waals surface area contributed by atoms with E-state index in [2.05, 4.69) is 0 Å². The van der Waals surface area contributed by atoms with Crippen LogP contribution >= 0.6 is 0 Å². The van der Waals surface area contributed by atoms with Crippen molar-refractivity contribution in [2.45, 2.75) is 45.6 Å². The molecule has 14 heavy (non-hydrogen) atoms. The Morgan fingerprint density at radius 1 is 1.43 bits per heavy atom. The molecule has 1 heterocycles. The predicted molar refractivity (Wildman–Crippen MR) is 48.6 cm³/mol. The molecule has 1 aliphatic heterocycles. The number of nitrogens with zero attached hydrogens (tertiary/aromatic N) is 1. The Morgan fingerprint density at radius 2 is 1.93 bits per heavy atom. The first-order chi connectivity index (χ1) is 6.27. The number of carboxylic acids is 1. The first-order valence-corrected chi connectivity index (χ1v) is 4.48. The molecular weight excluding hydrogens is 186 g/mol. The van der Waals surface area contributed by atoms with Gasteiger partial charge in [0.25, 0.3) is 0 Å². The first-order valence-electron chi connectivity index (χ1n) is 4.48. The lowest BCUT2D eigenvalue weighted by molar-refractivity contribution is -0.153. The summed E-state index contributed by atoms with van der Waals surface area (Å²) in [5.74, 6) is -1.31. The second-order valence-electron chi connectivity index (χ2n) is 3.94. The monoisotopic (exact) mass is 201 g/mol. The van der Waals surface area contributed by atoms with E-state index in [1.165, 1.54) is 11.8 Å². The second kappa shape index (κ2) is 3.24. The highest BCUT2D eigenvalue weighted by atomic mass is 16.5. The van der Waals surface area contributed by atoms with Gasteiger partial charge in [-0.3, -0.25) is 9.69 Å². The van der Waals surface area contributed by atoms with Crippen molar-refractivity contribution in [1.82, 2.24) is 4.90 Å². The van der Waals surface area contributed by atoms with Crippen LogP contribution in [0.2, 0.25) is 0 Å². The van der Waals surface area contributed by atoms with Crippen molar-refractivity contribution in [3.63, 3.8) is 0 Å². The van der Waals surface area contributed by atoms with E-state index in [-0.39, 0.29) is 5.91 Å². The normalized spacial score (nSPS) is 30.4. The highest BCUT2D eigenvalue weighted by Crippen LogP contribution is 2.31. The van der Waals surface area contributed by atoms with Crippen LogP contribution in [0.3, 0.4) is 0 Å². The van der Waals surface area contributed by atoms with Gasteiger partial charge in [0.2, 0.25) is 5.91 Å². The zero-order valence-corrected chi connectivity index (χ0v) is 8.77. The summed E-state index contributed by atoms with van der Waals surface area (Å²) in [6.45, 7) is 6.38. The average molecular weight is 201 g/mol. The summed E-state index contributed by atoms with van der Waals surface area (Å²) >= 11 is 0. The smallest absolute Gasteiger partial charge is 0.329 e. The quantitative estimate of drug-likeness (QED) is 0.668. The van der Waals surface area contributed by atoms with Crippen LogP contribution in [0.4, 0.5) is 0 Å². The largest absolute Gasteiger partial charge is 0.480 e. The van der Waals surface area contributed by atoms with E-state index >= 15 is 0 Å². The van der Waals surface area contributed by atoms with Gasteiger partial charge in [-0.25, -0.2) is 4.79 Å². The fraction of sp³-hybridized carbons (Fsp3) is 0.778. The van der Waals surface area contributed by atoms with Crippen molar-refractivity contribution in [1.29, 1.82) is 0 Å². The van der Waals surface area contributed by atoms with E-state index in [0.29, 0.717) is 0 Å². The van der Waals surface area contributed by atoms with Crippen LogP contribution in [0.5, 0.6) is 0 Å². The third-order valence-electron chi connectivity index (χ3n) is 2.37. The molecule has 0 unspecified atom stereocenters. The number of ether oxygens (including phenoxy) is 1. The zero-order valence-electron chi connectivity index (χ0n) is 8.77. The van der Waals surface area contributed by atoms with Gasteiger partial charge in [0.15, 0.2) is 6.04 Å². The molecule has 2 atom stereocenters. The molecule has 0 saturated carbocycles. The highest BCUT2D eigenvalue weighted by molar-refractivity contribution is 5.83. The lowest BCUT2D eigenvalue weighted by Gasteiger charge is -2.30. The van der Waals surface area contributed by atoms with Gasteiger partial charge in [-0.15, -0.1) is 0 Å². The number of carbonyl (C=O) groups excluding carboxylic acids is 1. The number of carbonyl (C=O) groups is 2. The Labute approximate surface area is 82.6 Å². The lowest BCUT2D eigenvalue weighted by atomic mass is 10.1. The molecule has 5 heteroatoms. The minimum Gasteiger partial charge on any atom is -0.480 e. The molecule has 5 nitrogen and oxygen atoms in total. The summed E-state index contributed by atoms with van der Waals surface area (Å²) in [7, 11) is 0. The average Bonchev–Trinajstić information content (AvgIpc) is 2.19. The number of hydrogen-bond acceptors (Lipinski definition) is 3. The third kappa shape index (κ3) is 1.59. The van der Waals surface area contributed by atoms with E-state index in [4.69, 9.17) is 9.84 Å². The molecule has 1 rings (SSSR count). The number of carboxylic acid groups (broad SMARTS) is 1. The van der Waals surface area contributed by atoms with E-state index in [1.807, 2.05) is 0 Å². The van der Waals surface area contributed by atoms with Crippen LogP contribution in [-0.4, -0.2) is 39.8 Å². The van der Waals surface area contributed by atoms with Crippen molar-refractivity contribution in [2.75, 3.05) is 0 Å². The van der Waals surface area contributed by atoms with Crippen molar-refractivity contribution in [2.24, 2.45) is 0 Å². The molecule has 1 saturated heterocycles. The van der Waals surface area contributed by atoms with Crippen molar-refractivity contribution < 1.29 is 19.4 Å². The summed E-state index contributed by atoms with van der Waals surface area (Å²) in [6.07, 6.45) is -0.480. The van der Waals surface area contributed by atoms with Gasteiger partial charge in [0.05, 0.1) is 6.10 Å². The Kier molecular flexibility index (Phi) is 2.54. The van der Waals surface area contributed by atoms with Crippen LogP contribution in [-0.2, 0) is 14.3 Å². The molecule has 0 aromatic carbocycles. The molecule has 1 N–H and O–H groups in total. The van der Waals surface area contributed by atoms with Gasteiger partial charge in [0.1, 0.15) is 5.72 Å². The van der Waals surface area contributed by atoms with Crippen molar-refractivity contribution >= 4 is 11.9 Å². The van der Waals surface area contributed by atoms with E-state index < -0.39 is 23.8 Å². The van der Waals surface area contributed by atoms with Gasteiger partial charge in [-0.1, -0.05) is 0 Å². The maximum Gasteiger partial charge on any atom is 0.329 e. The predicted octanol–water partition coefficient (Wildman–Crippen LogP) is 0.443. The van der Waals surface area contributed by atoms with E-state index in [0.717, 1.165) is 0 Å². The standard InChI is InChI=1S/C9H15NO4/c1-5-7(8(12)13)10(6(2)11)9(3,4)14-5/h5,7H,1-4H3,(H,12,13)/t5-,7+/m1/s1. The maximum absolute atomic E-state index is 11.3. The molecule has 0 aromatic rings. The van der Waals surface area contributed by atoms with Gasteiger partial charge in [-0.05, 0) is 20.8 Å². The molecule has 1 amide bonds. The molecule has 0 spiro atoms. The summed E-state index contributed by atoms with van der Waals surface area (Å²) in [4.78, 5) is 23.5. The van der Waals surface area contributed by atoms with Gasteiger partial charge >= 0.3 is 5.97 Å². The Morgan fingerprint density at radius 3 is 2.21 bits per heavy atom. The molecule has 0 aliphatic carbocycles. The van der Waals surface area contributed by atoms with E-state index in [1.54, 1.807) is 20.8 Å². The summed E-state index contributed by atoms with van der Waals surface area (Å²) in [5, 5.41) is 8.96. The fourth-order valence-electron chi connectivity index (χ4n) is 2.01. The molecular formula is C9H15NO4. The third-order valence-corrected chi connectivity index (χ3v) is 2.37. The first kappa shape index (κ1) is 11.0. The summed E-state index contributed by atoms with van der Waals surface area (Å²) in [5.41, 5.74) is -0.839. The Balaban J connectivity index is 3.05. The van der Waals surface area contributed by atoms with Crippen LogP contribution in [0, 0.1) is 0 Å². The fourth-order valence-corrected chi connectivity index (χ4v) is 2.01. The van der Waals surface area contributed by atoms with Crippen LogP contribution in [0.25, 0.3) is 0 Å². The molecule has 0 aromatic heterocycles. The highest BCUT2D eigenvalue weighted by Gasteiger charge is 2.50. The van der Waals surface area contributed by atoms with Gasteiger partial charge < -0.3 is 9.84 Å². The van der Waals surface area contributed by atoms with Crippen molar-refractivity contribution in [3.05, 3.63) is 0 Å². The number of aliphatic carboxylic acids is 1. The second-order valence-corrected chi connectivity index (χ2v) is 3.94. The minimum atomic E-state index is -1.03. The van der Waals surface area contributed by atoms with Gasteiger partial charge in [0, 0.05) is 6.92 Å². The Bertz CT molecular complexity index is 274. The SMILES string of the molecule is CC(=O)N1[C@H](C(=O)O)[C@@H](C)OC1(C)C. The molecule has 1 fully saturated rings. The summed E-state index contributed by atoms with van der Waals surface area (Å²) in [6, 6.07) is -0.887. The summed E-state index contributed by atoms with van der Waals surface area (Å²) < 4.78 is 5.42. The van der Waals surface area contributed by atoms with E-state index in [9.17, 15) is 9.59 Å². The molecule has 0 radical (unpaired) electrons. The molecule has 80 valence electrons. The Hall–Kier alpha value is -1.10. The lowest BCUT2D eigenvalue weighted by Crippen LogP contribution is -2.50. The maximum atomic E-state index is 11.3. The number of amides is 1. The van der Waals surface area contributed by atoms with Gasteiger partial charge in [-0.2, -0.15) is 0 Å². The number of rotatable bonds is 1. The zero-order chi connectivity index (χ0) is 11.1. The van der Waals surface area contributed by atoms with Crippen LogP contribution in [0.1, 0.15) is 27.7 Å². The van der Waals surface area contributed by atoms with Crippen molar-refractivity contribution in [3.8, 4) is 0 Å². The molecule has 1 aliphatic rings. The minimum absolute atomic E-state index is 0.285. The molecule has 0 bridgehead atoms. The number of hydrogen-bond donors (Lipinski definition) is 1. The van der Waals surface area contributed by atoms with Crippen LogP contribution in [0.15, 0.2) is 0 Å². The topological polar surface area (TPSA) is 66.8 Å². The van der Waals surface area contributed by atoms with Crippen LogP contribution < -0.4 is 0 Å².